The third kappa shape index (κ3) is 26.1. The maximum absolute atomic E-state index is 11.1. The number of carbonyl (C=O) groups excluding carboxylic acids is 3. The van der Waals surface area contributed by atoms with Gasteiger partial charge in [0, 0.05) is 23.6 Å². The Kier molecular flexibility index (Phi) is 45.5. The highest BCUT2D eigenvalue weighted by Gasteiger charge is 2.30. The summed E-state index contributed by atoms with van der Waals surface area (Å²) < 4.78 is 31.5. The average molecular weight is 525 g/mol. The van der Waals surface area contributed by atoms with Crippen molar-refractivity contribution in [1.29, 1.82) is 0 Å². The molecule has 0 aliphatic heterocycles. The smallest absolute Gasteiger partial charge is 0.330 e. The van der Waals surface area contributed by atoms with E-state index in [1.54, 1.807) is 0 Å². The lowest BCUT2D eigenvalue weighted by molar-refractivity contribution is -0.141. The zero-order chi connectivity index (χ0) is 22.7. The molecule has 0 saturated carbocycles. The first-order valence-corrected chi connectivity index (χ1v) is 9.53. The van der Waals surface area contributed by atoms with Crippen LogP contribution in [0.4, 0.5) is 0 Å². The molecule has 0 saturated heterocycles. The summed E-state index contributed by atoms with van der Waals surface area (Å²) in [5.41, 5.74) is -0.493. The van der Waals surface area contributed by atoms with Gasteiger partial charge in [-0.05, 0) is 6.42 Å². The first kappa shape index (κ1) is 50.4. The van der Waals surface area contributed by atoms with Crippen molar-refractivity contribution < 1.29 is 42.8 Å². The van der Waals surface area contributed by atoms with Crippen LogP contribution in [-0.4, -0.2) is 77.4 Å². The van der Waals surface area contributed by atoms with Crippen LogP contribution in [0.3, 0.4) is 0 Å². The van der Waals surface area contributed by atoms with Crippen molar-refractivity contribution >= 4 is 17.9 Å². The van der Waals surface area contributed by atoms with E-state index in [4.69, 9.17) is 28.4 Å². The molecule has 9 heteroatoms. The second kappa shape index (κ2) is 32.5. The Hall–Kier alpha value is -2.49. The van der Waals surface area contributed by atoms with Crippen LogP contribution in [0.15, 0.2) is 38.0 Å². The Morgan fingerprint density at radius 1 is 0.556 bits per heavy atom. The number of rotatable bonds is 19. The lowest BCUT2D eigenvalue weighted by Gasteiger charge is -2.32. The summed E-state index contributed by atoms with van der Waals surface area (Å²) in [6.45, 7) is 13.7. The first-order valence-electron chi connectivity index (χ1n) is 9.53. The Morgan fingerprint density at radius 2 is 0.806 bits per heavy atom. The zero-order valence-corrected chi connectivity index (χ0v) is 17.6. The van der Waals surface area contributed by atoms with Gasteiger partial charge in [0.15, 0.2) is 0 Å². The number of ether oxygens (including phenoxy) is 6. The minimum Gasteiger partial charge on any atom is -0.460 e. The largest absolute Gasteiger partial charge is 0.460 e. The predicted octanol–water partition coefficient (Wildman–Crippen LogP) is 5.44. The molecule has 0 aliphatic rings. The molecule has 0 aromatic heterocycles. The van der Waals surface area contributed by atoms with Gasteiger partial charge in [0.1, 0.15) is 19.8 Å². The number of hydrogen-bond acceptors (Lipinski definition) is 9. The van der Waals surface area contributed by atoms with Crippen molar-refractivity contribution in [2.45, 2.75) is 57.9 Å². The molecule has 0 N–H and O–H groups in total. The van der Waals surface area contributed by atoms with Crippen LogP contribution in [0, 0.1) is 5.41 Å². The van der Waals surface area contributed by atoms with Crippen molar-refractivity contribution in [1.82, 2.24) is 0 Å². The molecule has 0 bridgehead atoms. The molecule has 0 radical (unpaired) electrons. The molecule has 218 valence electrons. The topological polar surface area (TPSA) is 107 Å². The minimum atomic E-state index is -0.518. The standard InChI is InChI=1S/C21H32O9.6CH4/c1-5-18(22)28-12-9-25-15-21(8-4,16-26-10-13-29-19(23)6-2)17-27-11-14-30-20(24)7-3;;;;;;/h5-7H,1-3,8-17H2,4H3;6*1H4. The normalized spacial score (nSPS) is 8.92. The van der Waals surface area contributed by atoms with Gasteiger partial charge in [-0.1, -0.05) is 71.2 Å². The van der Waals surface area contributed by atoms with Gasteiger partial charge in [-0.15, -0.1) is 0 Å². The van der Waals surface area contributed by atoms with E-state index < -0.39 is 23.3 Å². The fourth-order valence-corrected chi connectivity index (χ4v) is 2.08. The van der Waals surface area contributed by atoms with Gasteiger partial charge in [0.25, 0.3) is 0 Å². The fourth-order valence-electron chi connectivity index (χ4n) is 2.08. The molecule has 0 heterocycles. The lowest BCUT2D eigenvalue weighted by atomic mass is 9.88. The van der Waals surface area contributed by atoms with E-state index in [-0.39, 0.29) is 104 Å². The lowest BCUT2D eigenvalue weighted by Crippen LogP contribution is -2.38. The van der Waals surface area contributed by atoms with Gasteiger partial charge in [0.2, 0.25) is 0 Å². The zero-order valence-electron chi connectivity index (χ0n) is 17.6. The molecule has 9 nitrogen and oxygen atoms in total. The van der Waals surface area contributed by atoms with Crippen LogP contribution in [0.1, 0.15) is 57.9 Å². The second-order valence-electron chi connectivity index (χ2n) is 6.13. The first-order chi connectivity index (χ1) is 14.4. The van der Waals surface area contributed by atoms with E-state index in [1.165, 1.54) is 0 Å². The highest BCUT2D eigenvalue weighted by molar-refractivity contribution is 5.81. The molecule has 0 aromatic carbocycles. The summed E-state index contributed by atoms with van der Waals surface area (Å²) in [7, 11) is 0. The summed E-state index contributed by atoms with van der Waals surface area (Å²) in [6.07, 6.45) is 3.90. The van der Waals surface area contributed by atoms with Gasteiger partial charge in [-0.25, -0.2) is 14.4 Å². The quantitative estimate of drug-likeness (QED) is 0.0945. The van der Waals surface area contributed by atoms with Crippen LogP contribution in [0.5, 0.6) is 0 Å². The van der Waals surface area contributed by atoms with Crippen LogP contribution in [0.2, 0.25) is 0 Å². The third-order valence-electron chi connectivity index (χ3n) is 3.89. The van der Waals surface area contributed by atoms with E-state index in [0.29, 0.717) is 6.42 Å². The summed E-state index contributed by atoms with van der Waals surface area (Å²) in [4.78, 5) is 33.2. The minimum absolute atomic E-state index is 0. The molecule has 36 heavy (non-hydrogen) atoms. The van der Waals surface area contributed by atoms with E-state index >= 15 is 0 Å². The van der Waals surface area contributed by atoms with E-state index in [9.17, 15) is 14.4 Å². The SMILES string of the molecule is C.C.C.C.C.C.C=CC(=O)OCCOCC(CC)(COCCOC(=O)C=C)COCCOC(=O)C=C. The Labute approximate surface area is 221 Å². The highest BCUT2D eigenvalue weighted by Crippen LogP contribution is 2.24. The maximum Gasteiger partial charge on any atom is 0.330 e. The molecule has 0 spiro atoms. The molecular weight excluding hydrogens is 468 g/mol. The van der Waals surface area contributed by atoms with Gasteiger partial charge in [-0.3, -0.25) is 0 Å². The van der Waals surface area contributed by atoms with Crippen molar-refractivity contribution in [2.75, 3.05) is 59.5 Å². The van der Waals surface area contributed by atoms with Crippen LogP contribution in [-0.2, 0) is 42.8 Å². The van der Waals surface area contributed by atoms with Gasteiger partial charge >= 0.3 is 17.9 Å². The summed E-state index contributed by atoms with van der Waals surface area (Å²) in [6, 6.07) is 0. The number of carbonyl (C=O) groups is 3. The van der Waals surface area contributed by atoms with Crippen LogP contribution in [0.25, 0.3) is 0 Å². The van der Waals surface area contributed by atoms with Crippen LogP contribution < -0.4 is 0 Å². The maximum atomic E-state index is 11.1. The second-order valence-corrected chi connectivity index (χ2v) is 6.13. The van der Waals surface area contributed by atoms with Gasteiger partial charge < -0.3 is 28.4 Å². The van der Waals surface area contributed by atoms with Gasteiger partial charge in [0.05, 0.1) is 39.6 Å². The highest BCUT2D eigenvalue weighted by atomic mass is 16.6. The van der Waals surface area contributed by atoms with Crippen molar-refractivity contribution in [3.05, 3.63) is 38.0 Å². The van der Waals surface area contributed by atoms with E-state index in [0.717, 1.165) is 18.2 Å². The fraction of sp³-hybridized carbons (Fsp3) is 0.667. The molecule has 0 fully saturated rings. The predicted molar refractivity (Wildman–Crippen MR) is 149 cm³/mol. The molecule has 0 rings (SSSR count). The van der Waals surface area contributed by atoms with Crippen molar-refractivity contribution in [3.8, 4) is 0 Å². The number of esters is 3. The van der Waals surface area contributed by atoms with Gasteiger partial charge in [-0.2, -0.15) is 0 Å². The summed E-state index contributed by atoms with van der Waals surface area (Å²) in [5, 5.41) is 0. The van der Waals surface area contributed by atoms with Crippen molar-refractivity contribution in [2.24, 2.45) is 5.41 Å². The molecule has 0 unspecified atom stereocenters. The molecule has 0 aromatic rings. The Balaban J connectivity index is -0.000000280. The number of hydrogen-bond donors (Lipinski definition) is 0. The van der Waals surface area contributed by atoms with Crippen molar-refractivity contribution in [3.63, 3.8) is 0 Å². The molecular formula is C27H56O9. The molecule has 0 amide bonds. The molecule has 0 aliphatic carbocycles. The monoisotopic (exact) mass is 524 g/mol. The Morgan fingerprint density at radius 3 is 1.00 bits per heavy atom. The Bertz CT molecular complexity index is 485. The van der Waals surface area contributed by atoms with E-state index in [1.807, 2.05) is 6.92 Å². The van der Waals surface area contributed by atoms with Crippen LogP contribution >= 0.6 is 0 Å². The molecule has 0 atom stereocenters. The van der Waals surface area contributed by atoms with E-state index in [2.05, 4.69) is 19.7 Å². The summed E-state index contributed by atoms with van der Waals surface area (Å²) >= 11 is 0. The average Bonchev–Trinajstić information content (AvgIpc) is 2.76. The summed E-state index contributed by atoms with van der Waals surface area (Å²) in [5.74, 6) is -1.56. The third-order valence-corrected chi connectivity index (χ3v) is 3.89.